The first-order valence-electron chi connectivity index (χ1n) is 6.81. The number of nitrogens with zero attached hydrogens (tertiary/aromatic N) is 1. The van der Waals surface area contributed by atoms with Crippen molar-refractivity contribution in [1.29, 1.82) is 0 Å². The summed E-state index contributed by atoms with van der Waals surface area (Å²) < 4.78 is 0. The molecule has 2 nitrogen and oxygen atoms in total. The zero-order valence-corrected chi connectivity index (χ0v) is 12.8. The summed E-state index contributed by atoms with van der Waals surface area (Å²) in [5, 5.41) is 0. The van der Waals surface area contributed by atoms with Crippen molar-refractivity contribution in [3.05, 3.63) is 65.2 Å². The normalized spacial score (nSPS) is 10.3. The van der Waals surface area contributed by atoms with E-state index < -0.39 is 0 Å². The maximum Gasteiger partial charge on any atom is 0.103 e. The summed E-state index contributed by atoms with van der Waals surface area (Å²) in [5.74, 6) is 0. The van der Waals surface area contributed by atoms with Crippen LogP contribution in [0.5, 0.6) is 0 Å². The van der Waals surface area contributed by atoms with E-state index in [9.17, 15) is 0 Å². The van der Waals surface area contributed by atoms with Crippen LogP contribution < -0.4 is 10.6 Å². The largest absolute Gasteiger partial charge is 0.389 e. The van der Waals surface area contributed by atoms with E-state index in [4.69, 9.17) is 18.0 Å². The molecule has 2 N–H and O–H groups in total. The standard InChI is InChI=1S/C17H20N2S/c1-3-19(16-10-5-4-7-13(16)2)12-14-8-6-9-15(11-14)17(18)20/h4-11H,3,12H2,1-2H3,(H2,18,20). The van der Waals surface area contributed by atoms with Crippen molar-refractivity contribution < 1.29 is 0 Å². The molecule has 0 aromatic heterocycles. The maximum absolute atomic E-state index is 5.70. The monoisotopic (exact) mass is 284 g/mol. The number of benzene rings is 2. The molecule has 0 fully saturated rings. The van der Waals surface area contributed by atoms with Gasteiger partial charge in [0.25, 0.3) is 0 Å². The van der Waals surface area contributed by atoms with Gasteiger partial charge >= 0.3 is 0 Å². The lowest BCUT2D eigenvalue weighted by atomic mass is 10.1. The van der Waals surface area contributed by atoms with E-state index in [2.05, 4.69) is 55.1 Å². The van der Waals surface area contributed by atoms with Gasteiger partial charge in [-0.2, -0.15) is 0 Å². The van der Waals surface area contributed by atoms with Crippen LogP contribution in [-0.2, 0) is 6.54 Å². The summed E-state index contributed by atoms with van der Waals surface area (Å²) in [6, 6.07) is 16.6. The number of aryl methyl sites for hydroxylation is 1. The lowest BCUT2D eigenvalue weighted by Gasteiger charge is -2.25. The second-order valence-corrected chi connectivity index (χ2v) is 5.31. The fraction of sp³-hybridized carbons (Fsp3) is 0.235. The molecule has 2 aromatic rings. The minimum Gasteiger partial charge on any atom is -0.389 e. The smallest absolute Gasteiger partial charge is 0.103 e. The molecule has 0 heterocycles. The van der Waals surface area contributed by atoms with Crippen LogP contribution in [-0.4, -0.2) is 11.5 Å². The summed E-state index contributed by atoms with van der Waals surface area (Å²) in [7, 11) is 0. The highest BCUT2D eigenvalue weighted by molar-refractivity contribution is 7.80. The zero-order valence-electron chi connectivity index (χ0n) is 12.0. The van der Waals surface area contributed by atoms with Gasteiger partial charge in [-0.05, 0) is 37.1 Å². The van der Waals surface area contributed by atoms with Crippen LogP contribution in [0.15, 0.2) is 48.5 Å². The Morgan fingerprint density at radius 3 is 2.55 bits per heavy atom. The maximum atomic E-state index is 5.70. The molecule has 0 spiro atoms. The Kier molecular flexibility index (Phi) is 4.74. The molecule has 104 valence electrons. The Hall–Kier alpha value is -1.87. The van der Waals surface area contributed by atoms with Crippen molar-refractivity contribution in [2.24, 2.45) is 5.73 Å². The van der Waals surface area contributed by atoms with E-state index in [0.717, 1.165) is 18.7 Å². The van der Waals surface area contributed by atoms with Gasteiger partial charge in [-0.25, -0.2) is 0 Å². The predicted octanol–water partition coefficient (Wildman–Crippen LogP) is 3.66. The fourth-order valence-corrected chi connectivity index (χ4v) is 2.46. The van der Waals surface area contributed by atoms with Crippen LogP contribution in [0, 0.1) is 6.92 Å². The molecule has 20 heavy (non-hydrogen) atoms. The van der Waals surface area contributed by atoms with Crippen molar-refractivity contribution in [3.8, 4) is 0 Å². The summed E-state index contributed by atoms with van der Waals surface area (Å²) >= 11 is 5.04. The van der Waals surface area contributed by atoms with E-state index in [1.54, 1.807) is 0 Å². The Morgan fingerprint density at radius 2 is 1.90 bits per heavy atom. The van der Waals surface area contributed by atoms with Gasteiger partial charge in [-0.1, -0.05) is 48.6 Å². The van der Waals surface area contributed by atoms with Gasteiger partial charge in [0.05, 0.1) is 0 Å². The highest BCUT2D eigenvalue weighted by Crippen LogP contribution is 2.21. The van der Waals surface area contributed by atoms with Crippen LogP contribution in [0.4, 0.5) is 5.69 Å². The first kappa shape index (κ1) is 14.5. The highest BCUT2D eigenvalue weighted by Gasteiger charge is 2.08. The molecule has 0 aliphatic carbocycles. The predicted molar refractivity (Wildman–Crippen MR) is 90.2 cm³/mol. The van der Waals surface area contributed by atoms with Gasteiger partial charge in [0.1, 0.15) is 4.99 Å². The van der Waals surface area contributed by atoms with Crippen LogP contribution in [0.3, 0.4) is 0 Å². The van der Waals surface area contributed by atoms with Crippen molar-refractivity contribution in [1.82, 2.24) is 0 Å². The highest BCUT2D eigenvalue weighted by atomic mass is 32.1. The summed E-state index contributed by atoms with van der Waals surface area (Å²) in [6.45, 7) is 6.13. The lowest BCUT2D eigenvalue weighted by molar-refractivity contribution is 0.828. The number of nitrogens with two attached hydrogens (primary N) is 1. The first-order chi connectivity index (χ1) is 9.61. The molecule has 2 rings (SSSR count). The molecule has 0 amide bonds. The van der Waals surface area contributed by atoms with Crippen molar-refractivity contribution in [2.75, 3.05) is 11.4 Å². The van der Waals surface area contributed by atoms with Crippen LogP contribution in [0.1, 0.15) is 23.6 Å². The molecule has 0 aliphatic rings. The van der Waals surface area contributed by atoms with Gasteiger partial charge in [0, 0.05) is 24.3 Å². The first-order valence-corrected chi connectivity index (χ1v) is 7.22. The van der Waals surface area contributed by atoms with Crippen LogP contribution in [0.2, 0.25) is 0 Å². The molecular formula is C17H20N2S. The molecule has 0 unspecified atom stereocenters. The lowest BCUT2D eigenvalue weighted by Crippen LogP contribution is -2.23. The van der Waals surface area contributed by atoms with Crippen molar-refractivity contribution in [2.45, 2.75) is 20.4 Å². The quantitative estimate of drug-likeness (QED) is 0.850. The number of anilines is 1. The fourth-order valence-electron chi connectivity index (χ4n) is 2.33. The Balaban J connectivity index is 2.25. The number of para-hydroxylation sites is 1. The number of hydrogen-bond acceptors (Lipinski definition) is 2. The molecule has 0 radical (unpaired) electrons. The van der Waals surface area contributed by atoms with Gasteiger partial charge in [-0.3, -0.25) is 0 Å². The van der Waals surface area contributed by atoms with Crippen LogP contribution >= 0.6 is 12.2 Å². The number of rotatable bonds is 5. The Bertz CT molecular complexity index is 607. The van der Waals surface area contributed by atoms with E-state index in [1.165, 1.54) is 16.8 Å². The number of thiocarbonyl (C=S) groups is 1. The van der Waals surface area contributed by atoms with Gasteiger partial charge in [0.2, 0.25) is 0 Å². The third kappa shape index (κ3) is 3.36. The van der Waals surface area contributed by atoms with E-state index in [-0.39, 0.29) is 0 Å². The number of hydrogen-bond donors (Lipinski definition) is 1. The van der Waals surface area contributed by atoms with E-state index >= 15 is 0 Å². The average molecular weight is 284 g/mol. The minimum atomic E-state index is 0.450. The Labute approximate surface area is 126 Å². The second kappa shape index (κ2) is 6.53. The third-order valence-corrected chi connectivity index (χ3v) is 3.66. The van der Waals surface area contributed by atoms with Crippen LogP contribution in [0.25, 0.3) is 0 Å². The molecule has 0 saturated heterocycles. The molecular weight excluding hydrogens is 264 g/mol. The van der Waals surface area contributed by atoms with Gasteiger partial charge < -0.3 is 10.6 Å². The van der Waals surface area contributed by atoms with E-state index in [0.29, 0.717) is 4.99 Å². The summed E-state index contributed by atoms with van der Waals surface area (Å²) in [6.07, 6.45) is 0. The molecule has 0 bridgehead atoms. The molecule has 3 heteroatoms. The van der Waals surface area contributed by atoms with E-state index in [1.807, 2.05) is 12.1 Å². The summed E-state index contributed by atoms with van der Waals surface area (Å²) in [5.41, 5.74) is 10.4. The molecule has 2 aromatic carbocycles. The van der Waals surface area contributed by atoms with Gasteiger partial charge in [0.15, 0.2) is 0 Å². The third-order valence-electron chi connectivity index (χ3n) is 3.42. The summed E-state index contributed by atoms with van der Waals surface area (Å²) in [4.78, 5) is 2.80. The SMILES string of the molecule is CCN(Cc1cccc(C(N)=S)c1)c1ccccc1C. The average Bonchev–Trinajstić information content (AvgIpc) is 2.46. The topological polar surface area (TPSA) is 29.3 Å². The molecule has 0 aliphatic heterocycles. The molecule has 0 saturated carbocycles. The zero-order chi connectivity index (χ0) is 14.5. The molecule has 0 atom stereocenters. The minimum absolute atomic E-state index is 0.450. The van der Waals surface area contributed by atoms with Crippen molar-refractivity contribution in [3.63, 3.8) is 0 Å². The Morgan fingerprint density at radius 1 is 1.15 bits per heavy atom. The second-order valence-electron chi connectivity index (χ2n) is 4.87. The van der Waals surface area contributed by atoms with Gasteiger partial charge in [-0.15, -0.1) is 0 Å². The van der Waals surface area contributed by atoms with Crippen molar-refractivity contribution >= 4 is 22.9 Å².